The predicted octanol–water partition coefficient (Wildman–Crippen LogP) is 0.225. The number of rotatable bonds is 3. The average molecular weight is 207 g/mol. The molecule has 0 aliphatic carbocycles. The van der Waals surface area contributed by atoms with Gasteiger partial charge in [0.15, 0.2) is 0 Å². The van der Waals surface area contributed by atoms with Crippen LogP contribution in [0.4, 0.5) is 0 Å². The van der Waals surface area contributed by atoms with Crippen molar-refractivity contribution >= 4 is 0 Å². The number of hydrogen-bond acceptors (Lipinski definition) is 7. The van der Waals surface area contributed by atoms with Crippen LogP contribution in [0.1, 0.15) is 11.5 Å². The van der Waals surface area contributed by atoms with Gasteiger partial charge in [0, 0.05) is 12.4 Å². The topological polar surface area (TPSA) is 100.0 Å². The van der Waals surface area contributed by atoms with Crippen molar-refractivity contribution in [3.05, 3.63) is 23.8 Å². The van der Waals surface area contributed by atoms with Gasteiger partial charge in [-0.05, 0) is 12.5 Å². The van der Waals surface area contributed by atoms with E-state index in [9.17, 15) is 0 Å². The maximum Gasteiger partial charge on any atom is 0.255 e. The lowest BCUT2D eigenvalue weighted by Crippen LogP contribution is -1.99. The van der Waals surface area contributed by atoms with Gasteiger partial charge in [-0.2, -0.15) is 4.98 Å². The van der Waals surface area contributed by atoms with E-state index >= 15 is 0 Å². The van der Waals surface area contributed by atoms with Gasteiger partial charge in [-0.1, -0.05) is 5.16 Å². The van der Waals surface area contributed by atoms with Gasteiger partial charge in [0.1, 0.15) is 6.61 Å². The molecule has 2 rings (SSSR count). The Kier molecular flexibility index (Phi) is 2.66. The second-order valence-electron chi connectivity index (χ2n) is 2.91. The summed E-state index contributed by atoms with van der Waals surface area (Å²) in [6, 6.07) is 0. The summed E-state index contributed by atoms with van der Waals surface area (Å²) in [5.74, 6) is 5.89. The molecule has 2 aromatic heterocycles. The fourth-order valence-electron chi connectivity index (χ4n) is 0.984. The standard InChI is InChI=1S/C8H9N5O2/c1-5-2-10-7(11-3-5)8-12-6(4-14-9)15-13-8/h2-3H,4,9H2,1H3. The number of aryl methyl sites for hydroxylation is 1. The van der Waals surface area contributed by atoms with Crippen LogP contribution < -0.4 is 5.90 Å². The molecule has 78 valence electrons. The summed E-state index contributed by atoms with van der Waals surface area (Å²) >= 11 is 0. The molecule has 0 fully saturated rings. The SMILES string of the molecule is Cc1cnc(-c2noc(CON)n2)nc1. The molecule has 0 spiro atoms. The van der Waals surface area contributed by atoms with Crippen LogP contribution in [0.15, 0.2) is 16.9 Å². The summed E-state index contributed by atoms with van der Waals surface area (Å²) in [6.07, 6.45) is 3.36. The molecule has 0 unspecified atom stereocenters. The zero-order chi connectivity index (χ0) is 10.7. The normalized spacial score (nSPS) is 10.5. The summed E-state index contributed by atoms with van der Waals surface area (Å²) in [5.41, 5.74) is 0.966. The minimum atomic E-state index is 0.0683. The van der Waals surface area contributed by atoms with Gasteiger partial charge in [0.2, 0.25) is 11.6 Å². The molecule has 0 amide bonds. The maximum atomic E-state index is 4.87. The van der Waals surface area contributed by atoms with Crippen molar-refractivity contribution in [3.8, 4) is 11.6 Å². The maximum absolute atomic E-state index is 4.87. The molecular weight excluding hydrogens is 198 g/mol. The molecule has 2 N–H and O–H groups in total. The summed E-state index contributed by atoms with van der Waals surface area (Å²) in [4.78, 5) is 16.5. The minimum absolute atomic E-state index is 0.0683. The largest absolute Gasteiger partial charge is 0.336 e. The summed E-state index contributed by atoms with van der Waals surface area (Å²) in [7, 11) is 0. The Morgan fingerprint density at radius 3 is 2.73 bits per heavy atom. The van der Waals surface area contributed by atoms with E-state index in [0.29, 0.717) is 11.6 Å². The van der Waals surface area contributed by atoms with E-state index in [1.807, 2.05) is 6.92 Å². The molecule has 7 heteroatoms. The molecule has 15 heavy (non-hydrogen) atoms. The van der Waals surface area contributed by atoms with Gasteiger partial charge in [-0.3, -0.25) is 4.84 Å². The van der Waals surface area contributed by atoms with Gasteiger partial charge in [0.25, 0.3) is 5.89 Å². The third kappa shape index (κ3) is 2.14. The highest BCUT2D eigenvalue weighted by atomic mass is 16.6. The second kappa shape index (κ2) is 4.11. The minimum Gasteiger partial charge on any atom is -0.336 e. The number of hydrogen-bond donors (Lipinski definition) is 1. The first kappa shape index (κ1) is 9.69. The Labute approximate surface area is 85.3 Å². The molecule has 0 saturated carbocycles. The molecule has 7 nitrogen and oxygen atoms in total. The molecule has 0 aromatic carbocycles. The molecule has 2 heterocycles. The van der Waals surface area contributed by atoms with Crippen molar-refractivity contribution in [1.29, 1.82) is 0 Å². The van der Waals surface area contributed by atoms with Crippen LogP contribution in [-0.2, 0) is 11.4 Å². The first-order chi connectivity index (χ1) is 7.29. The molecular formula is C8H9N5O2. The summed E-state index contributed by atoms with van der Waals surface area (Å²) in [5, 5.41) is 3.69. The predicted molar refractivity (Wildman–Crippen MR) is 49.0 cm³/mol. The molecule has 2 aromatic rings. The van der Waals surface area contributed by atoms with Crippen LogP contribution in [0.3, 0.4) is 0 Å². The van der Waals surface area contributed by atoms with Crippen LogP contribution >= 0.6 is 0 Å². The van der Waals surface area contributed by atoms with Crippen LogP contribution in [0.5, 0.6) is 0 Å². The smallest absolute Gasteiger partial charge is 0.255 e. The van der Waals surface area contributed by atoms with Gasteiger partial charge in [-0.15, -0.1) is 0 Å². The highest BCUT2D eigenvalue weighted by Crippen LogP contribution is 2.09. The molecule has 0 atom stereocenters. The quantitative estimate of drug-likeness (QED) is 0.718. The Hall–Kier alpha value is -1.86. The fourth-order valence-corrected chi connectivity index (χ4v) is 0.984. The van der Waals surface area contributed by atoms with Crippen molar-refractivity contribution in [1.82, 2.24) is 20.1 Å². The molecule has 0 saturated heterocycles. The van der Waals surface area contributed by atoms with Crippen LogP contribution in [0, 0.1) is 6.92 Å². The first-order valence-electron chi connectivity index (χ1n) is 4.23. The van der Waals surface area contributed by atoms with E-state index in [0.717, 1.165) is 5.56 Å². The molecule has 0 aliphatic rings. The van der Waals surface area contributed by atoms with Crippen molar-refractivity contribution in [3.63, 3.8) is 0 Å². The number of nitrogens with two attached hydrogens (primary N) is 1. The summed E-state index contributed by atoms with van der Waals surface area (Å²) < 4.78 is 4.84. The zero-order valence-electron chi connectivity index (χ0n) is 8.04. The highest BCUT2D eigenvalue weighted by molar-refractivity contribution is 5.40. The monoisotopic (exact) mass is 207 g/mol. The number of aromatic nitrogens is 4. The fraction of sp³-hybridized carbons (Fsp3) is 0.250. The van der Waals surface area contributed by atoms with Crippen LogP contribution in [-0.4, -0.2) is 20.1 Å². The number of nitrogens with zero attached hydrogens (tertiary/aromatic N) is 4. The van der Waals surface area contributed by atoms with Crippen molar-refractivity contribution in [2.45, 2.75) is 13.5 Å². The Morgan fingerprint density at radius 2 is 2.07 bits per heavy atom. The van der Waals surface area contributed by atoms with Crippen molar-refractivity contribution < 1.29 is 9.36 Å². The lowest BCUT2D eigenvalue weighted by atomic mass is 10.4. The lowest BCUT2D eigenvalue weighted by molar-refractivity contribution is 0.0995. The van der Waals surface area contributed by atoms with Gasteiger partial charge in [-0.25, -0.2) is 15.9 Å². The first-order valence-corrected chi connectivity index (χ1v) is 4.23. The van der Waals surface area contributed by atoms with Gasteiger partial charge < -0.3 is 4.52 Å². The van der Waals surface area contributed by atoms with Crippen molar-refractivity contribution in [2.75, 3.05) is 0 Å². The average Bonchev–Trinajstić information content (AvgIpc) is 2.68. The second-order valence-corrected chi connectivity index (χ2v) is 2.91. The molecule has 0 aliphatic heterocycles. The summed E-state index contributed by atoms with van der Waals surface area (Å²) in [6.45, 7) is 1.96. The molecule has 0 bridgehead atoms. The van der Waals surface area contributed by atoms with E-state index in [2.05, 4.69) is 24.9 Å². The Morgan fingerprint density at radius 1 is 1.33 bits per heavy atom. The van der Waals surface area contributed by atoms with E-state index in [1.54, 1.807) is 12.4 Å². The van der Waals surface area contributed by atoms with E-state index < -0.39 is 0 Å². The zero-order valence-corrected chi connectivity index (χ0v) is 8.04. The van der Waals surface area contributed by atoms with Crippen molar-refractivity contribution in [2.24, 2.45) is 5.90 Å². The van der Waals surface area contributed by atoms with Crippen LogP contribution in [0.2, 0.25) is 0 Å². The third-order valence-electron chi connectivity index (χ3n) is 1.66. The van der Waals surface area contributed by atoms with E-state index in [1.165, 1.54) is 0 Å². The Balaban J connectivity index is 2.25. The lowest BCUT2D eigenvalue weighted by Gasteiger charge is -1.92. The van der Waals surface area contributed by atoms with Crippen LogP contribution in [0.25, 0.3) is 11.6 Å². The van der Waals surface area contributed by atoms with E-state index in [-0.39, 0.29) is 12.5 Å². The molecule has 0 radical (unpaired) electrons. The third-order valence-corrected chi connectivity index (χ3v) is 1.66. The van der Waals surface area contributed by atoms with E-state index in [4.69, 9.17) is 10.4 Å². The Bertz CT molecular complexity index is 439. The van der Waals surface area contributed by atoms with Gasteiger partial charge >= 0.3 is 0 Å². The highest BCUT2D eigenvalue weighted by Gasteiger charge is 2.10. The van der Waals surface area contributed by atoms with Gasteiger partial charge in [0.05, 0.1) is 0 Å².